The molecule has 2 heterocycles. The Morgan fingerprint density at radius 2 is 2.12 bits per heavy atom. The van der Waals surface area contributed by atoms with Crippen molar-refractivity contribution in [1.82, 2.24) is 4.98 Å². The predicted octanol–water partition coefficient (Wildman–Crippen LogP) is 3.80. The number of H-pyrrole nitrogens is 1. The van der Waals surface area contributed by atoms with Crippen molar-refractivity contribution in [2.75, 3.05) is 7.11 Å². The molecule has 2 aromatic rings. The molecule has 2 bridgehead atoms. The number of ether oxygens (including phenoxy) is 1. The second-order valence-electron chi connectivity index (χ2n) is 7.08. The SMILES string of the molecule is COc1cccc(C2c3sc(=O)[nH]c3SC3C4CCC(C4)C23)c1O. The molecule has 2 N–H and O–H groups in total. The molecular formula is C18H19NO3S2. The van der Waals surface area contributed by atoms with Gasteiger partial charge in [-0.25, -0.2) is 0 Å². The minimum absolute atomic E-state index is 0.00667. The average Bonchev–Trinajstić information content (AvgIpc) is 3.26. The Kier molecular flexibility index (Phi) is 3.29. The molecule has 4 nitrogen and oxygen atoms in total. The number of rotatable bonds is 2. The van der Waals surface area contributed by atoms with Crippen molar-refractivity contribution < 1.29 is 9.84 Å². The number of aromatic nitrogens is 1. The summed E-state index contributed by atoms with van der Waals surface area (Å²) in [6.45, 7) is 0. The predicted molar refractivity (Wildman–Crippen MR) is 95.4 cm³/mol. The van der Waals surface area contributed by atoms with Gasteiger partial charge in [0.05, 0.1) is 12.1 Å². The molecular weight excluding hydrogens is 342 g/mol. The molecule has 1 aromatic carbocycles. The third-order valence-corrected chi connectivity index (χ3v) is 8.67. The van der Waals surface area contributed by atoms with Gasteiger partial charge in [0, 0.05) is 21.6 Å². The fourth-order valence-corrected chi connectivity index (χ4v) is 8.04. The van der Waals surface area contributed by atoms with E-state index in [1.807, 2.05) is 23.9 Å². The molecule has 24 heavy (non-hydrogen) atoms. The number of phenols is 1. The van der Waals surface area contributed by atoms with Crippen molar-refractivity contribution in [2.24, 2.45) is 17.8 Å². The van der Waals surface area contributed by atoms with Crippen molar-refractivity contribution in [3.63, 3.8) is 0 Å². The summed E-state index contributed by atoms with van der Waals surface area (Å²) < 4.78 is 5.32. The zero-order chi connectivity index (χ0) is 16.4. The molecule has 0 radical (unpaired) electrons. The highest BCUT2D eigenvalue weighted by Gasteiger charge is 2.55. The Morgan fingerprint density at radius 1 is 1.29 bits per heavy atom. The highest BCUT2D eigenvalue weighted by Crippen LogP contribution is 2.64. The zero-order valence-electron chi connectivity index (χ0n) is 13.3. The van der Waals surface area contributed by atoms with E-state index < -0.39 is 0 Å². The van der Waals surface area contributed by atoms with Gasteiger partial charge in [0.2, 0.25) is 0 Å². The number of hydrogen-bond acceptors (Lipinski definition) is 5. The first kappa shape index (κ1) is 14.9. The minimum atomic E-state index is 0.00667. The number of nitrogens with one attached hydrogen (secondary N) is 1. The summed E-state index contributed by atoms with van der Waals surface area (Å²) in [6.07, 6.45) is 3.88. The summed E-state index contributed by atoms with van der Waals surface area (Å²) in [6, 6.07) is 5.72. The minimum Gasteiger partial charge on any atom is -0.504 e. The van der Waals surface area contributed by atoms with Crippen LogP contribution in [0.15, 0.2) is 28.0 Å². The van der Waals surface area contributed by atoms with E-state index in [0.29, 0.717) is 22.8 Å². The Labute approximate surface area is 148 Å². The van der Waals surface area contributed by atoms with Crippen LogP contribution < -0.4 is 9.61 Å². The lowest BCUT2D eigenvalue weighted by atomic mass is 9.74. The molecule has 2 saturated carbocycles. The number of aromatic hydroxyl groups is 1. The molecule has 126 valence electrons. The zero-order valence-corrected chi connectivity index (χ0v) is 15.0. The Balaban J connectivity index is 1.71. The summed E-state index contributed by atoms with van der Waals surface area (Å²) >= 11 is 3.18. The standard InChI is InChI=1S/C18H19NO3S2/c1-22-11-4-2-3-10(14(11)20)13-12-8-5-6-9(7-8)15(12)23-17-16(13)24-18(21)19-17/h2-4,8-9,12-13,15,20H,5-7H2,1H3,(H,19,21). The molecule has 0 amide bonds. The van der Waals surface area contributed by atoms with Crippen LogP contribution in [0.3, 0.4) is 0 Å². The first-order valence-corrected chi connectivity index (χ1v) is 10.1. The van der Waals surface area contributed by atoms with Crippen LogP contribution in [0.25, 0.3) is 0 Å². The topological polar surface area (TPSA) is 62.3 Å². The highest BCUT2D eigenvalue weighted by atomic mass is 32.2. The number of thiazole rings is 1. The van der Waals surface area contributed by atoms with Gasteiger partial charge in [0.15, 0.2) is 11.5 Å². The first-order valence-electron chi connectivity index (χ1n) is 8.43. The molecule has 5 unspecified atom stereocenters. The maximum Gasteiger partial charge on any atom is 0.305 e. The molecule has 2 fully saturated rings. The Hall–Kier alpha value is -1.40. The Morgan fingerprint density at radius 3 is 2.96 bits per heavy atom. The van der Waals surface area contributed by atoms with E-state index >= 15 is 0 Å². The van der Waals surface area contributed by atoms with E-state index in [-0.39, 0.29) is 16.5 Å². The lowest BCUT2D eigenvalue weighted by Crippen LogP contribution is -2.33. The van der Waals surface area contributed by atoms with E-state index in [4.69, 9.17) is 4.74 Å². The van der Waals surface area contributed by atoms with Gasteiger partial charge in [-0.15, -0.1) is 11.8 Å². The van der Waals surface area contributed by atoms with Crippen LogP contribution in [0, 0.1) is 17.8 Å². The van der Waals surface area contributed by atoms with E-state index in [1.165, 1.54) is 30.6 Å². The fraction of sp³-hybridized carbons (Fsp3) is 0.500. The van der Waals surface area contributed by atoms with E-state index in [2.05, 4.69) is 4.98 Å². The van der Waals surface area contributed by atoms with Crippen molar-refractivity contribution in [2.45, 2.75) is 35.5 Å². The number of fused-ring (bicyclic) bond motifs is 6. The number of phenolic OH excluding ortho intramolecular Hbond substituents is 1. The number of methoxy groups -OCH3 is 1. The van der Waals surface area contributed by atoms with E-state index in [1.54, 1.807) is 13.2 Å². The van der Waals surface area contributed by atoms with Gasteiger partial charge in [-0.05, 0) is 43.1 Å². The third kappa shape index (κ3) is 1.96. The number of aromatic amines is 1. The maximum atomic E-state index is 12.0. The smallest absolute Gasteiger partial charge is 0.305 e. The molecule has 5 rings (SSSR count). The van der Waals surface area contributed by atoms with Crippen LogP contribution in [0.1, 0.15) is 35.6 Å². The normalized spacial score (nSPS) is 33.3. The lowest BCUT2D eigenvalue weighted by molar-refractivity contribution is 0.300. The van der Waals surface area contributed by atoms with Crippen molar-refractivity contribution >= 4 is 23.1 Å². The number of benzene rings is 1. The summed E-state index contributed by atoms with van der Waals surface area (Å²) in [5.74, 6) is 2.79. The number of para-hydroxylation sites is 1. The molecule has 1 aromatic heterocycles. The van der Waals surface area contributed by atoms with Crippen LogP contribution >= 0.6 is 23.1 Å². The van der Waals surface area contributed by atoms with E-state index in [0.717, 1.165) is 21.4 Å². The van der Waals surface area contributed by atoms with Gasteiger partial charge in [0.25, 0.3) is 0 Å². The summed E-state index contributed by atoms with van der Waals surface area (Å²) in [5, 5.41) is 12.3. The molecule has 0 spiro atoms. The van der Waals surface area contributed by atoms with Crippen molar-refractivity contribution in [1.29, 1.82) is 0 Å². The van der Waals surface area contributed by atoms with Crippen LogP contribution in [-0.2, 0) is 0 Å². The summed E-state index contributed by atoms with van der Waals surface area (Å²) in [5.41, 5.74) is 0.911. The number of hydrogen-bond donors (Lipinski definition) is 2. The quantitative estimate of drug-likeness (QED) is 0.854. The molecule has 6 heteroatoms. The molecule has 0 saturated heterocycles. The van der Waals surface area contributed by atoms with Gasteiger partial charge in [-0.1, -0.05) is 23.5 Å². The van der Waals surface area contributed by atoms with Crippen molar-refractivity contribution in [3.8, 4) is 11.5 Å². The summed E-state index contributed by atoms with van der Waals surface area (Å²) in [4.78, 5) is 16.1. The molecule has 3 aliphatic rings. The average molecular weight is 361 g/mol. The second-order valence-corrected chi connectivity index (χ2v) is 9.28. The first-order chi connectivity index (χ1) is 11.7. The van der Waals surface area contributed by atoms with Gasteiger partial charge in [-0.2, -0.15) is 0 Å². The molecule has 1 aliphatic heterocycles. The van der Waals surface area contributed by atoms with Crippen LogP contribution in [0.2, 0.25) is 0 Å². The van der Waals surface area contributed by atoms with Crippen LogP contribution in [0.4, 0.5) is 0 Å². The fourth-order valence-electron chi connectivity index (χ4n) is 5.15. The largest absolute Gasteiger partial charge is 0.504 e. The highest BCUT2D eigenvalue weighted by molar-refractivity contribution is 8.00. The van der Waals surface area contributed by atoms with Gasteiger partial charge in [-0.3, -0.25) is 4.79 Å². The van der Waals surface area contributed by atoms with Gasteiger partial charge < -0.3 is 14.8 Å². The maximum absolute atomic E-state index is 12.0. The molecule has 2 aliphatic carbocycles. The third-order valence-electron chi connectivity index (χ3n) is 6.05. The molecule has 5 atom stereocenters. The number of thioether (sulfide) groups is 1. The monoisotopic (exact) mass is 361 g/mol. The van der Waals surface area contributed by atoms with Gasteiger partial charge >= 0.3 is 4.87 Å². The van der Waals surface area contributed by atoms with Crippen molar-refractivity contribution in [3.05, 3.63) is 38.3 Å². The van der Waals surface area contributed by atoms with E-state index in [9.17, 15) is 9.90 Å². The van der Waals surface area contributed by atoms with Gasteiger partial charge in [0.1, 0.15) is 0 Å². The summed E-state index contributed by atoms with van der Waals surface area (Å²) in [7, 11) is 1.58. The Bertz CT molecular complexity index is 858. The van der Waals surface area contributed by atoms with Crippen LogP contribution in [-0.4, -0.2) is 22.5 Å². The second kappa shape index (κ2) is 5.30. The lowest BCUT2D eigenvalue weighted by Gasteiger charge is -2.40. The van der Waals surface area contributed by atoms with Crippen LogP contribution in [0.5, 0.6) is 11.5 Å².